The lowest BCUT2D eigenvalue weighted by atomic mass is 10.1. The standard InChI is InChI=1S/C13H17N3O/c1-11-10-16(15-14-11)9-3-2-4-12-5-7-13(17)8-6-12/h5-8,10,17H,2-4,9H2,1H3. The number of aromatic hydroxyl groups is 1. The van der Waals surface area contributed by atoms with E-state index >= 15 is 0 Å². The molecule has 2 rings (SSSR count). The highest BCUT2D eigenvalue weighted by Crippen LogP contribution is 2.12. The zero-order chi connectivity index (χ0) is 12.1. The van der Waals surface area contributed by atoms with Crippen molar-refractivity contribution in [2.24, 2.45) is 0 Å². The first-order chi connectivity index (χ1) is 8.24. The van der Waals surface area contributed by atoms with Crippen LogP contribution in [0.5, 0.6) is 5.75 Å². The highest BCUT2D eigenvalue weighted by Gasteiger charge is 1.97. The van der Waals surface area contributed by atoms with E-state index < -0.39 is 0 Å². The predicted molar refractivity (Wildman–Crippen MR) is 65.8 cm³/mol. The number of hydrogen-bond donors (Lipinski definition) is 1. The molecule has 0 spiro atoms. The Bertz CT molecular complexity index is 462. The Morgan fingerprint density at radius 2 is 1.94 bits per heavy atom. The first-order valence-electron chi connectivity index (χ1n) is 5.89. The van der Waals surface area contributed by atoms with Gasteiger partial charge in [0.05, 0.1) is 5.69 Å². The third-order valence-corrected chi connectivity index (χ3v) is 2.69. The van der Waals surface area contributed by atoms with E-state index in [1.165, 1.54) is 5.56 Å². The summed E-state index contributed by atoms with van der Waals surface area (Å²) in [4.78, 5) is 0. The first kappa shape index (κ1) is 11.6. The molecule has 1 aromatic carbocycles. The van der Waals surface area contributed by atoms with Crippen molar-refractivity contribution < 1.29 is 5.11 Å². The van der Waals surface area contributed by atoms with Gasteiger partial charge in [0, 0.05) is 12.7 Å². The SMILES string of the molecule is Cc1cn(CCCCc2ccc(O)cc2)nn1. The van der Waals surface area contributed by atoms with Gasteiger partial charge >= 0.3 is 0 Å². The Labute approximate surface area is 101 Å². The smallest absolute Gasteiger partial charge is 0.115 e. The van der Waals surface area contributed by atoms with Crippen LogP contribution in [0, 0.1) is 6.92 Å². The Morgan fingerprint density at radius 3 is 2.59 bits per heavy atom. The van der Waals surface area contributed by atoms with Crippen LogP contribution in [0.3, 0.4) is 0 Å². The molecule has 0 aliphatic carbocycles. The second-order valence-electron chi connectivity index (χ2n) is 4.25. The summed E-state index contributed by atoms with van der Waals surface area (Å²) in [6.45, 7) is 2.86. The molecule has 17 heavy (non-hydrogen) atoms. The summed E-state index contributed by atoms with van der Waals surface area (Å²) in [5.41, 5.74) is 2.22. The van der Waals surface area contributed by atoms with Gasteiger partial charge in [-0.05, 0) is 43.9 Å². The number of unbranched alkanes of at least 4 members (excludes halogenated alkanes) is 1. The molecule has 2 aromatic rings. The molecular weight excluding hydrogens is 214 g/mol. The fourth-order valence-corrected chi connectivity index (χ4v) is 1.77. The van der Waals surface area contributed by atoms with Crippen LogP contribution < -0.4 is 0 Å². The van der Waals surface area contributed by atoms with Crippen LogP contribution >= 0.6 is 0 Å². The normalized spacial score (nSPS) is 10.6. The van der Waals surface area contributed by atoms with Gasteiger partial charge in [-0.25, -0.2) is 0 Å². The number of aromatic nitrogens is 3. The maximum atomic E-state index is 9.16. The lowest BCUT2D eigenvalue weighted by molar-refractivity contribution is 0.475. The minimum Gasteiger partial charge on any atom is -0.508 e. The van der Waals surface area contributed by atoms with E-state index in [2.05, 4.69) is 10.3 Å². The van der Waals surface area contributed by atoms with Crippen molar-refractivity contribution in [1.82, 2.24) is 15.0 Å². The average Bonchev–Trinajstić information content (AvgIpc) is 2.73. The number of benzene rings is 1. The van der Waals surface area contributed by atoms with E-state index in [9.17, 15) is 0 Å². The molecule has 0 aliphatic rings. The molecule has 4 heteroatoms. The molecular formula is C13H17N3O. The molecule has 0 radical (unpaired) electrons. The van der Waals surface area contributed by atoms with E-state index in [1.54, 1.807) is 12.1 Å². The minimum absolute atomic E-state index is 0.326. The number of nitrogens with zero attached hydrogens (tertiary/aromatic N) is 3. The number of aryl methyl sites for hydroxylation is 3. The van der Waals surface area contributed by atoms with Crippen molar-refractivity contribution in [3.8, 4) is 5.75 Å². The number of rotatable bonds is 5. The van der Waals surface area contributed by atoms with Gasteiger partial charge in [0.2, 0.25) is 0 Å². The zero-order valence-corrected chi connectivity index (χ0v) is 10.0. The van der Waals surface area contributed by atoms with Crippen molar-refractivity contribution in [1.29, 1.82) is 0 Å². The van der Waals surface area contributed by atoms with Gasteiger partial charge in [-0.15, -0.1) is 5.10 Å². The van der Waals surface area contributed by atoms with Crippen LogP contribution in [0.2, 0.25) is 0 Å². The van der Waals surface area contributed by atoms with Crippen LogP contribution in [0.1, 0.15) is 24.1 Å². The van der Waals surface area contributed by atoms with Gasteiger partial charge in [0.25, 0.3) is 0 Å². The maximum absolute atomic E-state index is 9.16. The fraction of sp³-hybridized carbons (Fsp3) is 0.385. The van der Waals surface area contributed by atoms with Gasteiger partial charge in [-0.2, -0.15) is 0 Å². The molecule has 0 atom stereocenters. The molecule has 0 unspecified atom stereocenters. The highest BCUT2D eigenvalue weighted by molar-refractivity contribution is 5.25. The zero-order valence-electron chi connectivity index (χ0n) is 10.0. The molecule has 0 saturated heterocycles. The average molecular weight is 231 g/mol. The quantitative estimate of drug-likeness (QED) is 0.803. The molecule has 1 heterocycles. The third kappa shape index (κ3) is 3.59. The molecule has 0 fully saturated rings. The third-order valence-electron chi connectivity index (χ3n) is 2.69. The minimum atomic E-state index is 0.326. The summed E-state index contributed by atoms with van der Waals surface area (Å²) in [5.74, 6) is 0.326. The van der Waals surface area contributed by atoms with Crippen molar-refractivity contribution >= 4 is 0 Å². The van der Waals surface area contributed by atoms with Gasteiger partial charge < -0.3 is 5.11 Å². The summed E-state index contributed by atoms with van der Waals surface area (Å²) >= 11 is 0. The Balaban J connectivity index is 1.71. The van der Waals surface area contributed by atoms with E-state index in [0.717, 1.165) is 31.5 Å². The summed E-state index contributed by atoms with van der Waals surface area (Å²) in [7, 11) is 0. The van der Waals surface area contributed by atoms with E-state index in [4.69, 9.17) is 5.11 Å². The maximum Gasteiger partial charge on any atom is 0.115 e. The molecule has 0 saturated carbocycles. The van der Waals surface area contributed by atoms with E-state index in [-0.39, 0.29) is 0 Å². The van der Waals surface area contributed by atoms with Crippen molar-refractivity contribution in [3.63, 3.8) is 0 Å². The summed E-state index contributed by atoms with van der Waals surface area (Å²) in [6, 6.07) is 7.40. The fourth-order valence-electron chi connectivity index (χ4n) is 1.77. The lowest BCUT2D eigenvalue weighted by Crippen LogP contribution is -1.99. The predicted octanol–water partition coefficient (Wildman–Crippen LogP) is 2.32. The molecule has 0 bridgehead atoms. The summed E-state index contributed by atoms with van der Waals surface area (Å²) < 4.78 is 1.88. The summed E-state index contributed by atoms with van der Waals surface area (Å²) in [5, 5.41) is 17.1. The molecule has 0 aliphatic heterocycles. The first-order valence-corrected chi connectivity index (χ1v) is 5.89. The number of phenolic OH excluding ortho intramolecular Hbond substituents is 1. The summed E-state index contributed by atoms with van der Waals surface area (Å²) in [6.07, 6.45) is 5.20. The monoisotopic (exact) mass is 231 g/mol. The van der Waals surface area contributed by atoms with E-state index in [1.807, 2.05) is 29.9 Å². The van der Waals surface area contributed by atoms with Gasteiger partial charge in [0.1, 0.15) is 5.75 Å². The molecule has 0 amide bonds. The Kier molecular flexibility index (Phi) is 3.75. The van der Waals surface area contributed by atoms with Crippen LogP contribution in [0.4, 0.5) is 0 Å². The Hall–Kier alpha value is -1.84. The lowest BCUT2D eigenvalue weighted by Gasteiger charge is -2.02. The van der Waals surface area contributed by atoms with Crippen LogP contribution in [-0.2, 0) is 13.0 Å². The van der Waals surface area contributed by atoms with Crippen LogP contribution in [-0.4, -0.2) is 20.1 Å². The van der Waals surface area contributed by atoms with Crippen LogP contribution in [0.15, 0.2) is 30.5 Å². The van der Waals surface area contributed by atoms with Crippen molar-refractivity contribution in [3.05, 3.63) is 41.7 Å². The van der Waals surface area contributed by atoms with Gasteiger partial charge in [-0.3, -0.25) is 4.68 Å². The largest absolute Gasteiger partial charge is 0.508 e. The molecule has 4 nitrogen and oxygen atoms in total. The van der Waals surface area contributed by atoms with Gasteiger partial charge in [0.15, 0.2) is 0 Å². The molecule has 1 aromatic heterocycles. The van der Waals surface area contributed by atoms with Gasteiger partial charge in [-0.1, -0.05) is 17.3 Å². The van der Waals surface area contributed by atoms with E-state index in [0.29, 0.717) is 5.75 Å². The van der Waals surface area contributed by atoms with Crippen LogP contribution in [0.25, 0.3) is 0 Å². The second-order valence-corrected chi connectivity index (χ2v) is 4.25. The molecule has 90 valence electrons. The second kappa shape index (κ2) is 5.48. The number of hydrogen-bond acceptors (Lipinski definition) is 3. The van der Waals surface area contributed by atoms with Crippen molar-refractivity contribution in [2.75, 3.05) is 0 Å². The topological polar surface area (TPSA) is 50.9 Å². The highest BCUT2D eigenvalue weighted by atomic mass is 16.3. The molecule has 1 N–H and O–H groups in total. The number of phenols is 1. The Morgan fingerprint density at radius 1 is 1.18 bits per heavy atom. The van der Waals surface area contributed by atoms with Crippen molar-refractivity contribution in [2.45, 2.75) is 32.7 Å².